The summed E-state index contributed by atoms with van der Waals surface area (Å²) in [5, 5.41) is 0. The second kappa shape index (κ2) is 9.36. The van der Waals surface area contributed by atoms with Crippen LogP contribution in [0, 0.1) is 12.8 Å². The monoisotopic (exact) mass is 372 g/mol. The molecule has 0 bridgehead atoms. The topological polar surface area (TPSA) is 26.3 Å². The van der Waals surface area contributed by atoms with E-state index in [1.807, 2.05) is 60.7 Å². The van der Waals surface area contributed by atoms with Crippen molar-refractivity contribution in [2.24, 2.45) is 5.92 Å². The first-order chi connectivity index (χ1) is 13.5. The van der Waals surface area contributed by atoms with Crippen molar-refractivity contribution in [1.29, 1.82) is 0 Å². The summed E-state index contributed by atoms with van der Waals surface area (Å²) in [6, 6.07) is 23.6. The van der Waals surface area contributed by atoms with E-state index >= 15 is 0 Å². The molecule has 28 heavy (non-hydrogen) atoms. The second-order valence-electron chi connectivity index (χ2n) is 7.72. The van der Waals surface area contributed by atoms with Crippen molar-refractivity contribution < 1.29 is 9.53 Å². The normalized spacial score (nSPS) is 10.9. The van der Waals surface area contributed by atoms with Crippen LogP contribution in [0.15, 0.2) is 72.8 Å². The molecular formula is C26H28O2. The van der Waals surface area contributed by atoms with Crippen LogP contribution in [0.5, 0.6) is 5.75 Å². The molecule has 0 aliphatic carbocycles. The van der Waals surface area contributed by atoms with Gasteiger partial charge in [-0.3, -0.25) is 4.79 Å². The maximum absolute atomic E-state index is 13.0. The average Bonchev–Trinajstić information content (AvgIpc) is 2.72. The van der Waals surface area contributed by atoms with Gasteiger partial charge < -0.3 is 4.74 Å². The molecule has 0 aliphatic rings. The summed E-state index contributed by atoms with van der Waals surface area (Å²) in [6.07, 6.45) is 2.14. The fourth-order valence-electron chi connectivity index (χ4n) is 3.14. The molecule has 2 heteroatoms. The third kappa shape index (κ3) is 5.32. The maximum atomic E-state index is 13.0. The Bertz CT molecular complexity index is 909. The average molecular weight is 373 g/mol. The zero-order valence-electron chi connectivity index (χ0n) is 16.9. The van der Waals surface area contributed by atoms with Gasteiger partial charge in [0.2, 0.25) is 0 Å². The minimum absolute atomic E-state index is 0.0403. The number of benzene rings is 3. The Morgan fingerprint density at radius 2 is 1.64 bits per heavy atom. The summed E-state index contributed by atoms with van der Waals surface area (Å²) in [5.41, 5.74) is 4.81. The van der Waals surface area contributed by atoms with Crippen LogP contribution in [0.25, 0.3) is 0 Å². The zero-order valence-corrected chi connectivity index (χ0v) is 16.9. The van der Waals surface area contributed by atoms with Crippen LogP contribution in [-0.4, -0.2) is 5.78 Å². The van der Waals surface area contributed by atoms with Crippen molar-refractivity contribution >= 4 is 5.78 Å². The van der Waals surface area contributed by atoms with Gasteiger partial charge in [0.15, 0.2) is 5.78 Å². The van der Waals surface area contributed by atoms with Gasteiger partial charge in [-0.25, -0.2) is 0 Å². The molecule has 2 nitrogen and oxygen atoms in total. The van der Waals surface area contributed by atoms with Gasteiger partial charge in [-0.15, -0.1) is 0 Å². The molecule has 0 radical (unpaired) electrons. The minimum Gasteiger partial charge on any atom is -0.489 e. The number of hydrogen-bond acceptors (Lipinski definition) is 2. The molecule has 0 aromatic heterocycles. The number of rotatable bonds is 8. The van der Waals surface area contributed by atoms with E-state index in [9.17, 15) is 4.79 Å². The zero-order chi connectivity index (χ0) is 19.9. The van der Waals surface area contributed by atoms with Crippen molar-refractivity contribution in [3.8, 4) is 5.75 Å². The molecule has 0 fully saturated rings. The SMILES string of the molecule is Cc1ccc(OCc2cc(CCC(C)C)ccc2C(=O)c2ccccc2)cc1. The van der Waals surface area contributed by atoms with Gasteiger partial charge in [-0.2, -0.15) is 0 Å². The summed E-state index contributed by atoms with van der Waals surface area (Å²) in [7, 11) is 0. The van der Waals surface area contributed by atoms with Gasteiger partial charge in [0.25, 0.3) is 0 Å². The molecule has 0 unspecified atom stereocenters. The van der Waals surface area contributed by atoms with Gasteiger partial charge in [0, 0.05) is 16.7 Å². The summed E-state index contributed by atoms with van der Waals surface area (Å²) < 4.78 is 6.00. The molecule has 0 amide bonds. The molecule has 0 N–H and O–H groups in total. The lowest BCUT2D eigenvalue weighted by molar-refractivity contribution is 0.103. The lowest BCUT2D eigenvalue weighted by Gasteiger charge is -2.14. The number of carbonyl (C=O) groups excluding carboxylic acids is 1. The first-order valence-electron chi connectivity index (χ1n) is 9.94. The van der Waals surface area contributed by atoms with Gasteiger partial charge in [-0.05, 0) is 43.4 Å². The number of ether oxygens (including phenoxy) is 1. The van der Waals surface area contributed by atoms with Crippen LogP contribution in [0.3, 0.4) is 0 Å². The Morgan fingerprint density at radius 3 is 2.32 bits per heavy atom. The number of hydrogen-bond donors (Lipinski definition) is 0. The quantitative estimate of drug-likeness (QED) is 0.428. The Morgan fingerprint density at radius 1 is 0.929 bits per heavy atom. The second-order valence-corrected chi connectivity index (χ2v) is 7.72. The molecule has 0 aliphatic heterocycles. The van der Waals surface area contributed by atoms with E-state index in [4.69, 9.17) is 4.74 Å². The van der Waals surface area contributed by atoms with Crippen molar-refractivity contribution in [3.63, 3.8) is 0 Å². The maximum Gasteiger partial charge on any atom is 0.193 e. The molecule has 3 aromatic rings. The molecule has 0 saturated heterocycles. The highest BCUT2D eigenvalue weighted by Gasteiger charge is 2.15. The molecule has 0 saturated carbocycles. The standard InChI is InChI=1S/C26H28O2/c1-19(2)9-12-21-13-16-25(26(27)22-7-5-4-6-8-22)23(17-21)18-28-24-14-10-20(3)11-15-24/h4-8,10-11,13-17,19H,9,12,18H2,1-3H3. The highest BCUT2D eigenvalue weighted by Crippen LogP contribution is 2.21. The minimum atomic E-state index is 0.0403. The molecule has 3 aromatic carbocycles. The Balaban J connectivity index is 1.86. The van der Waals surface area contributed by atoms with Gasteiger partial charge in [-0.1, -0.05) is 80.1 Å². The van der Waals surface area contributed by atoms with Crippen molar-refractivity contribution in [1.82, 2.24) is 0 Å². The smallest absolute Gasteiger partial charge is 0.193 e. The summed E-state index contributed by atoms with van der Waals surface area (Å²) in [4.78, 5) is 13.0. The summed E-state index contributed by atoms with van der Waals surface area (Å²) in [5.74, 6) is 1.51. The predicted molar refractivity (Wildman–Crippen MR) is 115 cm³/mol. The van der Waals surface area contributed by atoms with E-state index in [2.05, 4.69) is 32.9 Å². The van der Waals surface area contributed by atoms with Crippen molar-refractivity contribution in [2.75, 3.05) is 0 Å². The summed E-state index contributed by atoms with van der Waals surface area (Å²) in [6.45, 7) is 6.90. The number of ketones is 1. The third-order valence-electron chi connectivity index (χ3n) is 4.88. The molecule has 0 atom stereocenters. The van der Waals surface area contributed by atoms with E-state index in [-0.39, 0.29) is 5.78 Å². The Labute approximate surface area is 168 Å². The van der Waals surface area contributed by atoms with Crippen molar-refractivity contribution in [3.05, 3.63) is 101 Å². The lowest BCUT2D eigenvalue weighted by atomic mass is 9.94. The predicted octanol–water partition coefficient (Wildman–Crippen LogP) is 6.39. The lowest BCUT2D eigenvalue weighted by Crippen LogP contribution is -2.09. The Kier molecular flexibility index (Phi) is 6.65. The molecule has 144 valence electrons. The molecular weight excluding hydrogens is 344 g/mol. The Hall–Kier alpha value is -2.87. The molecule has 3 rings (SSSR count). The largest absolute Gasteiger partial charge is 0.489 e. The molecule has 0 spiro atoms. The first kappa shape index (κ1) is 19.9. The first-order valence-corrected chi connectivity index (χ1v) is 9.94. The van der Waals surface area contributed by atoms with E-state index < -0.39 is 0 Å². The van der Waals surface area contributed by atoms with Crippen LogP contribution >= 0.6 is 0 Å². The van der Waals surface area contributed by atoms with Crippen LogP contribution in [0.4, 0.5) is 0 Å². The summed E-state index contributed by atoms with van der Waals surface area (Å²) >= 11 is 0. The number of carbonyl (C=O) groups is 1. The molecule has 0 heterocycles. The highest BCUT2D eigenvalue weighted by molar-refractivity contribution is 6.09. The fourth-order valence-corrected chi connectivity index (χ4v) is 3.14. The van der Waals surface area contributed by atoms with Gasteiger partial charge in [0.05, 0.1) is 0 Å². The van der Waals surface area contributed by atoms with E-state index in [0.29, 0.717) is 23.7 Å². The van der Waals surface area contributed by atoms with Crippen LogP contribution in [0.2, 0.25) is 0 Å². The van der Waals surface area contributed by atoms with E-state index in [1.54, 1.807) is 0 Å². The third-order valence-corrected chi connectivity index (χ3v) is 4.88. The van der Waals surface area contributed by atoms with Crippen LogP contribution in [0.1, 0.15) is 52.9 Å². The van der Waals surface area contributed by atoms with E-state index in [1.165, 1.54) is 11.1 Å². The van der Waals surface area contributed by atoms with Gasteiger partial charge in [0.1, 0.15) is 12.4 Å². The fraction of sp³-hybridized carbons (Fsp3) is 0.269. The van der Waals surface area contributed by atoms with Crippen LogP contribution in [-0.2, 0) is 13.0 Å². The van der Waals surface area contributed by atoms with E-state index in [0.717, 1.165) is 24.2 Å². The number of aryl methyl sites for hydroxylation is 2. The van der Waals surface area contributed by atoms with Gasteiger partial charge >= 0.3 is 0 Å². The van der Waals surface area contributed by atoms with Crippen molar-refractivity contribution in [2.45, 2.75) is 40.2 Å². The van der Waals surface area contributed by atoms with Crippen LogP contribution < -0.4 is 4.74 Å². The highest BCUT2D eigenvalue weighted by atomic mass is 16.5.